The van der Waals surface area contributed by atoms with E-state index in [-0.39, 0.29) is 16.7 Å². The molecule has 41 heavy (non-hydrogen) atoms. The number of amides is 1. The molecule has 216 valence electrons. The number of hydrogen-bond acceptors (Lipinski definition) is 5. The van der Waals surface area contributed by atoms with Gasteiger partial charge in [-0.15, -0.1) is 0 Å². The number of ether oxygens (including phenoxy) is 2. The highest BCUT2D eigenvalue weighted by Gasteiger charge is 2.45. The topological polar surface area (TPSA) is 76.1 Å². The first-order valence-electron chi connectivity index (χ1n) is 14.4. The highest BCUT2D eigenvalue weighted by atomic mass is 16.5. The first-order chi connectivity index (χ1) is 19.6. The van der Waals surface area contributed by atoms with Gasteiger partial charge >= 0.3 is 0 Å². The van der Waals surface area contributed by atoms with Crippen LogP contribution in [0, 0.1) is 0 Å². The maximum atomic E-state index is 13.5. The number of hydrogen-bond donors (Lipinski definition) is 1. The van der Waals surface area contributed by atoms with Crippen LogP contribution in [0.2, 0.25) is 0 Å². The second-order valence-electron chi connectivity index (χ2n) is 11.5. The van der Waals surface area contributed by atoms with Crippen LogP contribution in [0.15, 0.2) is 78.4 Å². The summed E-state index contributed by atoms with van der Waals surface area (Å²) in [6.45, 7) is 9.51. The molecule has 3 aromatic rings. The molecule has 6 nitrogen and oxygen atoms in total. The van der Waals surface area contributed by atoms with Gasteiger partial charge in [0.05, 0.1) is 25.3 Å². The van der Waals surface area contributed by atoms with Gasteiger partial charge in [-0.3, -0.25) is 9.59 Å². The van der Waals surface area contributed by atoms with Crippen molar-refractivity contribution in [3.05, 3.63) is 101 Å². The molecule has 0 aliphatic carbocycles. The predicted molar refractivity (Wildman–Crippen MR) is 162 cm³/mol. The molecule has 0 saturated carbocycles. The quantitative estimate of drug-likeness (QED) is 0.117. The van der Waals surface area contributed by atoms with Gasteiger partial charge < -0.3 is 19.5 Å². The van der Waals surface area contributed by atoms with Crippen LogP contribution in [0.4, 0.5) is 0 Å². The molecule has 1 amide bonds. The first-order valence-corrected chi connectivity index (χ1v) is 14.4. The lowest BCUT2D eigenvalue weighted by Crippen LogP contribution is -2.31. The van der Waals surface area contributed by atoms with Gasteiger partial charge in [-0.05, 0) is 71.3 Å². The van der Waals surface area contributed by atoms with Crippen molar-refractivity contribution in [2.45, 2.75) is 64.8 Å². The Morgan fingerprint density at radius 2 is 1.51 bits per heavy atom. The first kappa shape index (κ1) is 29.9. The molecular weight excluding hydrogens is 514 g/mol. The van der Waals surface area contributed by atoms with Crippen molar-refractivity contribution in [1.82, 2.24) is 4.90 Å². The average Bonchev–Trinajstić information content (AvgIpc) is 3.23. The second kappa shape index (κ2) is 13.1. The van der Waals surface area contributed by atoms with Crippen molar-refractivity contribution in [1.29, 1.82) is 0 Å². The lowest BCUT2D eigenvalue weighted by atomic mass is 9.85. The zero-order valence-electron chi connectivity index (χ0n) is 24.8. The third-order valence-corrected chi connectivity index (χ3v) is 7.58. The van der Waals surface area contributed by atoms with Crippen molar-refractivity contribution < 1.29 is 24.2 Å². The summed E-state index contributed by atoms with van der Waals surface area (Å²) in [5, 5.41) is 11.4. The number of likely N-dealkylation sites (tertiary alicyclic amines) is 1. The molecule has 1 unspecified atom stereocenters. The van der Waals surface area contributed by atoms with E-state index in [4.69, 9.17) is 9.47 Å². The number of aliphatic hydroxyl groups excluding tert-OH is 1. The molecular formula is C35H41NO5. The second-order valence-corrected chi connectivity index (χ2v) is 11.5. The Bertz CT molecular complexity index is 1370. The SMILES string of the molecule is CCCCCOc1ccc(/C(O)=C2/C(=O)C(=O)N(CCc3ccc(OC)cc3)C2c2ccc(C(C)(C)C)cc2)cc1. The number of rotatable bonds is 11. The van der Waals surface area contributed by atoms with E-state index < -0.39 is 17.7 Å². The Morgan fingerprint density at radius 1 is 0.878 bits per heavy atom. The molecule has 1 heterocycles. The van der Waals surface area contributed by atoms with Crippen LogP contribution < -0.4 is 9.47 Å². The van der Waals surface area contributed by atoms with Crippen molar-refractivity contribution >= 4 is 17.4 Å². The van der Waals surface area contributed by atoms with Gasteiger partial charge in [-0.2, -0.15) is 0 Å². The smallest absolute Gasteiger partial charge is 0.295 e. The number of nitrogens with zero attached hydrogens (tertiary/aromatic N) is 1. The highest BCUT2D eigenvalue weighted by molar-refractivity contribution is 6.46. The van der Waals surface area contributed by atoms with E-state index in [2.05, 4.69) is 27.7 Å². The molecule has 1 aliphatic heterocycles. The number of ketones is 1. The fourth-order valence-corrected chi connectivity index (χ4v) is 5.07. The summed E-state index contributed by atoms with van der Waals surface area (Å²) in [4.78, 5) is 28.4. The summed E-state index contributed by atoms with van der Waals surface area (Å²) < 4.78 is 11.1. The normalized spacial score (nSPS) is 16.7. The number of carbonyl (C=O) groups is 2. The molecule has 4 rings (SSSR count). The summed E-state index contributed by atoms with van der Waals surface area (Å²) in [6, 6.07) is 22.0. The number of unbranched alkanes of at least 4 members (excludes halogenated alkanes) is 2. The third kappa shape index (κ3) is 6.99. The molecule has 0 spiro atoms. The van der Waals surface area contributed by atoms with Gasteiger partial charge in [0.2, 0.25) is 0 Å². The number of benzene rings is 3. The largest absolute Gasteiger partial charge is 0.507 e. The minimum atomic E-state index is -0.702. The molecule has 3 aromatic carbocycles. The Labute approximate surface area is 243 Å². The summed E-state index contributed by atoms with van der Waals surface area (Å²) >= 11 is 0. The fourth-order valence-electron chi connectivity index (χ4n) is 5.07. The van der Waals surface area contributed by atoms with E-state index in [1.54, 1.807) is 36.3 Å². The number of carbonyl (C=O) groups excluding carboxylic acids is 2. The molecule has 0 radical (unpaired) electrons. The zero-order valence-corrected chi connectivity index (χ0v) is 24.8. The van der Waals surface area contributed by atoms with Gasteiger partial charge in [0.15, 0.2) is 0 Å². The molecule has 6 heteroatoms. The van der Waals surface area contributed by atoms with E-state index >= 15 is 0 Å². The molecule has 1 saturated heterocycles. The third-order valence-electron chi connectivity index (χ3n) is 7.58. The molecule has 1 atom stereocenters. The maximum absolute atomic E-state index is 13.5. The minimum absolute atomic E-state index is 0.0466. The van der Waals surface area contributed by atoms with Gasteiger partial charge in [0.1, 0.15) is 17.3 Å². The van der Waals surface area contributed by atoms with Crippen LogP contribution in [0.25, 0.3) is 5.76 Å². The number of aliphatic hydroxyl groups is 1. The van der Waals surface area contributed by atoms with Crippen LogP contribution in [-0.2, 0) is 21.4 Å². The number of methoxy groups -OCH3 is 1. The van der Waals surface area contributed by atoms with Gasteiger partial charge in [-0.25, -0.2) is 0 Å². The molecule has 0 aromatic heterocycles. The molecule has 0 bridgehead atoms. The van der Waals surface area contributed by atoms with E-state index in [1.165, 1.54) is 0 Å². The van der Waals surface area contributed by atoms with Gasteiger partial charge in [-0.1, -0.05) is 76.9 Å². The van der Waals surface area contributed by atoms with E-state index in [9.17, 15) is 14.7 Å². The Morgan fingerprint density at radius 3 is 2.10 bits per heavy atom. The van der Waals surface area contributed by atoms with Crippen molar-refractivity contribution in [3.8, 4) is 11.5 Å². The van der Waals surface area contributed by atoms with Gasteiger partial charge in [0.25, 0.3) is 11.7 Å². The van der Waals surface area contributed by atoms with E-state index in [0.29, 0.717) is 30.9 Å². The van der Waals surface area contributed by atoms with Crippen LogP contribution in [0.3, 0.4) is 0 Å². The van der Waals surface area contributed by atoms with Crippen molar-refractivity contribution in [3.63, 3.8) is 0 Å². The van der Waals surface area contributed by atoms with Crippen molar-refractivity contribution in [2.75, 3.05) is 20.3 Å². The Kier molecular flexibility index (Phi) is 9.53. The Balaban J connectivity index is 1.67. The molecule has 1 fully saturated rings. The number of Topliss-reactive ketones (excluding diaryl/α,β-unsaturated/α-hetero) is 1. The summed E-state index contributed by atoms with van der Waals surface area (Å²) in [6.07, 6.45) is 3.76. The van der Waals surface area contributed by atoms with Crippen molar-refractivity contribution in [2.24, 2.45) is 0 Å². The van der Waals surface area contributed by atoms with Crippen LogP contribution in [-0.4, -0.2) is 42.0 Å². The van der Waals surface area contributed by atoms with E-state index in [0.717, 1.165) is 41.7 Å². The zero-order chi connectivity index (χ0) is 29.6. The van der Waals surface area contributed by atoms with Crippen LogP contribution in [0.1, 0.15) is 75.3 Å². The fraction of sp³-hybridized carbons (Fsp3) is 0.371. The molecule has 1 aliphatic rings. The van der Waals surface area contributed by atoms with Gasteiger partial charge in [0, 0.05) is 12.1 Å². The molecule has 1 N–H and O–H groups in total. The average molecular weight is 556 g/mol. The monoisotopic (exact) mass is 555 g/mol. The minimum Gasteiger partial charge on any atom is -0.507 e. The lowest BCUT2D eigenvalue weighted by molar-refractivity contribution is -0.139. The maximum Gasteiger partial charge on any atom is 0.295 e. The standard InChI is InChI=1S/C35H41NO5/c1-6-7-8-23-41-29-19-13-26(14-20-29)32(37)30-31(25-11-15-27(16-12-25)35(2,3)4)36(34(39)33(30)38)22-21-24-9-17-28(40-5)18-10-24/h9-20,31,37H,6-8,21-23H2,1-5H3/b32-30-. The predicted octanol–water partition coefficient (Wildman–Crippen LogP) is 7.23. The summed E-state index contributed by atoms with van der Waals surface area (Å²) in [5.41, 5.74) is 3.47. The lowest BCUT2D eigenvalue weighted by Gasteiger charge is -2.26. The summed E-state index contributed by atoms with van der Waals surface area (Å²) in [7, 11) is 1.62. The van der Waals surface area contributed by atoms with E-state index in [1.807, 2.05) is 48.5 Å². The highest BCUT2D eigenvalue weighted by Crippen LogP contribution is 2.40. The van der Waals surface area contributed by atoms with Crippen LogP contribution in [0.5, 0.6) is 11.5 Å². The van der Waals surface area contributed by atoms with Crippen LogP contribution >= 0.6 is 0 Å². The summed E-state index contributed by atoms with van der Waals surface area (Å²) in [5.74, 6) is -0.0157. The Hall–Kier alpha value is -4.06.